The molecule has 0 aliphatic carbocycles. The molecule has 2 amide bonds. The summed E-state index contributed by atoms with van der Waals surface area (Å²) in [4.78, 5) is 37.2. The van der Waals surface area contributed by atoms with Crippen LogP contribution >= 0.6 is 0 Å². The SMILES string of the molecule is CCC(=O)NCCc1cccc(Cc2ccc(N3CCn4ncc(C=O)c4C3=O)cc2)c1.CNc1cccc(C#N)c1. The first kappa shape index (κ1) is 29.7. The van der Waals surface area contributed by atoms with Crippen molar-refractivity contribution in [2.75, 3.05) is 30.4 Å². The maximum absolute atomic E-state index is 12.9. The van der Waals surface area contributed by atoms with Gasteiger partial charge in [-0.25, -0.2) is 0 Å². The van der Waals surface area contributed by atoms with Gasteiger partial charge in [0.25, 0.3) is 5.91 Å². The summed E-state index contributed by atoms with van der Waals surface area (Å²) in [5.41, 5.74) is 6.68. The molecule has 0 spiro atoms. The number of nitrogens with one attached hydrogen (secondary N) is 2. The average molecular weight is 563 g/mol. The summed E-state index contributed by atoms with van der Waals surface area (Å²) in [7, 11) is 1.83. The molecular weight excluding hydrogens is 528 g/mol. The quantitative estimate of drug-likeness (QED) is 0.288. The third-order valence-electron chi connectivity index (χ3n) is 6.96. The van der Waals surface area contributed by atoms with Crippen LogP contribution < -0.4 is 15.5 Å². The van der Waals surface area contributed by atoms with Gasteiger partial charge in [0.1, 0.15) is 5.69 Å². The van der Waals surface area contributed by atoms with Crippen molar-refractivity contribution >= 4 is 29.5 Å². The molecule has 4 aromatic rings. The molecule has 2 N–H and O–H groups in total. The lowest BCUT2D eigenvalue weighted by molar-refractivity contribution is -0.120. The van der Waals surface area contributed by atoms with E-state index in [1.165, 1.54) is 17.3 Å². The van der Waals surface area contributed by atoms with Crippen LogP contribution in [-0.2, 0) is 24.2 Å². The van der Waals surface area contributed by atoms with Gasteiger partial charge in [0, 0.05) is 37.9 Å². The van der Waals surface area contributed by atoms with Gasteiger partial charge in [0.05, 0.1) is 29.9 Å². The topological polar surface area (TPSA) is 120 Å². The molecule has 5 rings (SSSR count). The molecule has 0 saturated heterocycles. The van der Waals surface area contributed by atoms with Crippen molar-refractivity contribution in [3.05, 3.63) is 113 Å². The number of amides is 2. The molecule has 9 nitrogen and oxygen atoms in total. The van der Waals surface area contributed by atoms with Crippen LogP contribution in [0.1, 0.15) is 56.4 Å². The predicted octanol–water partition coefficient (Wildman–Crippen LogP) is 4.62. The van der Waals surface area contributed by atoms with E-state index in [-0.39, 0.29) is 11.8 Å². The highest BCUT2D eigenvalue weighted by atomic mass is 16.2. The number of hydrogen-bond donors (Lipinski definition) is 2. The Morgan fingerprint density at radius 1 is 1.02 bits per heavy atom. The van der Waals surface area contributed by atoms with Crippen LogP contribution in [0.15, 0.2) is 79.0 Å². The third-order valence-corrected chi connectivity index (χ3v) is 6.96. The fourth-order valence-electron chi connectivity index (χ4n) is 4.70. The first-order valence-electron chi connectivity index (χ1n) is 13.9. The van der Waals surface area contributed by atoms with E-state index in [9.17, 15) is 14.4 Å². The number of fused-ring (bicyclic) bond motifs is 1. The van der Waals surface area contributed by atoms with E-state index in [1.54, 1.807) is 21.7 Å². The Hall–Kier alpha value is -5.23. The first-order valence-corrected chi connectivity index (χ1v) is 13.9. The largest absolute Gasteiger partial charge is 0.388 e. The van der Waals surface area contributed by atoms with Crippen LogP contribution in [0.5, 0.6) is 0 Å². The molecule has 9 heteroatoms. The van der Waals surface area contributed by atoms with E-state index in [4.69, 9.17) is 5.26 Å². The Kier molecular flexibility index (Phi) is 10.2. The van der Waals surface area contributed by atoms with Crippen molar-refractivity contribution in [2.24, 2.45) is 0 Å². The number of rotatable bonds is 9. The van der Waals surface area contributed by atoms with Crippen LogP contribution in [0.4, 0.5) is 11.4 Å². The molecular formula is C33H34N6O3. The van der Waals surface area contributed by atoms with Gasteiger partial charge in [0.15, 0.2) is 6.29 Å². The highest BCUT2D eigenvalue weighted by Crippen LogP contribution is 2.24. The second-order valence-corrected chi connectivity index (χ2v) is 9.81. The van der Waals surface area contributed by atoms with Crippen molar-refractivity contribution < 1.29 is 14.4 Å². The summed E-state index contributed by atoms with van der Waals surface area (Å²) < 4.78 is 1.59. The van der Waals surface area contributed by atoms with E-state index >= 15 is 0 Å². The Morgan fingerprint density at radius 3 is 2.50 bits per heavy atom. The molecule has 0 fully saturated rings. The fourth-order valence-corrected chi connectivity index (χ4v) is 4.70. The standard InChI is InChI=1S/C25H26N4O3.C8H8N2/c1-2-23(31)26-11-10-18-4-3-5-20(14-18)15-19-6-8-22(9-7-19)28-12-13-29-24(25(28)32)21(17-30)16-27-29;1-10-8-4-2-3-7(5-8)6-9/h3-9,14,16-17H,2,10-13,15H2,1H3,(H,26,31);2-5,10H,1H3. The van der Waals surface area contributed by atoms with Crippen molar-refractivity contribution in [2.45, 2.75) is 32.7 Å². The second-order valence-electron chi connectivity index (χ2n) is 9.81. The molecule has 2 heterocycles. The van der Waals surface area contributed by atoms with Crippen LogP contribution in [-0.4, -0.2) is 48.0 Å². The van der Waals surface area contributed by atoms with E-state index in [2.05, 4.69) is 40.0 Å². The molecule has 1 aliphatic heterocycles. The Balaban J connectivity index is 0.000000343. The van der Waals surface area contributed by atoms with Crippen molar-refractivity contribution in [1.82, 2.24) is 15.1 Å². The molecule has 1 aromatic heterocycles. The smallest absolute Gasteiger partial charge is 0.277 e. The van der Waals surface area contributed by atoms with Gasteiger partial charge in [-0.05, 0) is 59.9 Å². The summed E-state index contributed by atoms with van der Waals surface area (Å²) in [6.45, 7) is 3.56. The van der Waals surface area contributed by atoms with Crippen LogP contribution in [0, 0.1) is 11.3 Å². The van der Waals surface area contributed by atoms with E-state index in [0.717, 1.165) is 29.8 Å². The number of hydrogen-bond acceptors (Lipinski definition) is 6. The zero-order valence-corrected chi connectivity index (χ0v) is 23.8. The zero-order valence-electron chi connectivity index (χ0n) is 23.8. The Labute approximate surface area is 245 Å². The highest BCUT2D eigenvalue weighted by Gasteiger charge is 2.29. The van der Waals surface area contributed by atoms with Gasteiger partial charge in [-0.2, -0.15) is 10.4 Å². The summed E-state index contributed by atoms with van der Waals surface area (Å²) >= 11 is 0. The molecule has 3 aromatic carbocycles. The predicted molar refractivity (Wildman–Crippen MR) is 163 cm³/mol. The lowest BCUT2D eigenvalue weighted by Gasteiger charge is -2.28. The normalized spacial score (nSPS) is 11.9. The zero-order chi connectivity index (χ0) is 29.9. The van der Waals surface area contributed by atoms with Crippen molar-refractivity contribution in [3.63, 3.8) is 0 Å². The van der Waals surface area contributed by atoms with Crippen LogP contribution in [0.25, 0.3) is 0 Å². The average Bonchev–Trinajstić information content (AvgIpc) is 3.46. The number of carbonyl (C=O) groups is 3. The number of nitriles is 1. The van der Waals surface area contributed by atoms with E-state index < -0.39 is 0 Å². The van der Waals surface area contributed by atoms with Gasteiger partial charge >= 0.3 is 0 Å². The summed E-state index contributed by atoms with van der Waals surface area (Å²) in [5, 5.41) is 18.5. The lowest BCUT2D eigenvalue weighted by atomic mass is 10.0. The summed E-state index contributed by atoms with van der Waals surface area (Å²) in [6.07, 6.45) is 4.20. The number of aldehydes is 1. The van der Waals surface area contributed by atoms with Crippen molar-refractivity contribution in [3.8, 4) is 6.07 Å². The molecule has 214 valence electrons. The summed E-state index contributed by atoms with van der Waals surface area (Å²) in [6, 6.07) is 25.8. The molecule has 0 unspecified atom stereocenters. The van der Waals surface area contributed by atoms with Gasteiger partial charge in [-0.15, -0.1) is 0 Å². The lowest BCUT2D eigenvalue weighted by Crippen LogP contribution is -2.41. The minimum Gasteiger partial charge on any atom is -0.388 e. The third kappa shape index (κ3) is 7.49. The first-order chi connectivity index (χ1) is 20.4. The Morgan fingerprint density at radius 2 is 1.79 bits per heavy atom. The minimum atomic E-state index is -0.202. The molecule has 0 radical (unpaired) electrons. The highest BCUT2D eigenvalue weighted by molar-refractivity contribution is 6.09. The fraction of sp³-hybridized carbons (Fsp3) is 0.242. The maximum Gasteiger partial charge on any atom is 0.277 e. The monoisotopic (exact) mass is 562 g/mol. The van der Waals surface area contributed by atoms with Gasteiger partial charge in [-0.3, -0.25) is 19.1 Å². The van der Waals surface area contributed by atoms with Gasteiger partial charge in [-0.1, -0.05) is 49.4 Å². The number of nitrogens with zero attached hydrogens (tertiary/aromatic N) is 4. The minimum absolute atomic E-state index is 0.0697. The second kappa shape index (κ2) is 14.4. The number of benzene rings is 3. The Bertz CT molecular complexity index is 1590. The molecule has 0 atom stereocenters. The summed E-state index contributed by atoms with van der Waals surface area (Å²) in [5.74, 6) is -0.133. The number of anilines is 2. The van der Waals surface area contributed by atoms with E-state index in [0.29, 0.717) is 49.2 Å². The molecule has 0 bridgehead atoms. The van der Waals surface area contributed by atoms with Gasteiger partial charge in [0.2, 0.25) is 5.91 Å². The van der Waals surface area contributed by atoms with E-state index in [1.807, 2.05) is 56.4 Å². The number of carbonyl (C=O) groups excluding carboxylic acids is 3. The number of aromatic nitrogens is 2. The van der Waals surface area contributed by atoms with Crippen LogP contribution in [0.2, 0.25) is 0 Å². The van der Waals surface area contributed by atoms with Crippen LogP contribution in [0.3, 0.4) is 0 Å². The van der Waals surface area contributed by atoms with Crippen molar-refractivity contribution in [1.29, 1.82) is 5.26 Å². The maximum atomic E-state index is 12.9. The molecule has 0 saturated carbocycles. The van der Waals surface area contributed by atoms with Gasteiger partial charge < -0.3 is 15.5 Å². The molecule has 42 heavy (non-hydrogen) atoms. The molecule has 1 aliphatic rings.